The van der Waals surface area contributed by atoms with Crippen molar-refractivity contribution in [3.05, 3.63) is 12.2 Å². The summed E-state index contributed by atoms with van der Waals surface area (Å²) in [5, 5.41) is 23.8. The molecule has 0 bridgehead atoms. The second kappa shape index (κ2) is 50.6. The standard InChI is InChI=1S/C56H109NO5/c1-4-7-10-13-16-19-22-25-27-28-29-31-34-37-40-43-46-49-56(61)62-52(47-44-41-38-35-32-24-21-18-15-12-9-6-3)50-55(60)57-53(51-58)54(59)48-45-42-39-36-33-30-26-23-20-17-14-11-8-5-2/h35,38,52-54,58-59H,4-34,36-37,39-51H2,1-3H3,(H,57,60)/b38-35-. The van der Waals surface area contributed by atoms with E-state index in [1.165, 1.54) is 212 Å². The van der Waals surface area contributed by atoms with E-state index in [4.69, 9.17) is 4.74 Å². The number of aliphatic hydroxyl groups is 2. The average molecular weight is 876 g/mol. The highest BCUT2D eigenvalue weighted by atomic mass is 16.5. The van der Waals surface area contributed by atoms with Crippen molar-refractivity contribution in [3.63, 3.8) is 0 Å². The van der Waals surface area contributed by atoms with Crippen LogP contribution in [0.5, 0.6) is 0 Å². The van der Waals surface area contributed by atoms with Crippen molar-refractivity contribution < 1.29 is 24.5 Å². The van der Waals surface area contributed by atoms with E-state index in [-0.39, 0.29) is 24.9 Å². The van der Waals surface area contributed by atoms with Crippen molar-refractivity contribution in [2.45, 2.75) is 328 Å². The van der Waals surface area contributed by atoms with E-state index in [2.05, 4.69) is 38.2 Å². The fourth-order valence-corrected chi connectivity index (χ4v) is 8.85. The number of amides is 1. The summed E-state index contributed by atoms with van der Waals surface area (Å²) in [5.41, 5.74) is 0. The largest absolute Gasteiger partial charge is 0.462 e. The fraction of sp³-hybridized carbons (Fsp3) is 0.929. The van der Waals surface area contributed by atoms with Gasteiger partial charge in [-0.15, -0.1) is 0 Å². The molecule has 0 fully saturated rings. The molecular formula is C56H109NO5. The lowest BCUT2D eigenvalue weighted by atomic mass is 10.0. The molecule has 0 aliphatic carbocycles. The molecule has 0 radical (unpaired) electrons. The summed E-state index contributed by atoms with van der Waals surface area (Å²) >= 11 is 0. The molecule has 6 heteroatoms. The summed E-state index contributed by atoms with van der Waals surface area (Å²) in [6.45, 7) is 6.51. The van der Waals surface area contributed by atoms with Crippen molar-refractivity contribution in [2.24, 2.45) is 0 Å². The van der Waals surface area contributed by atoms with Crippen molar-refractivity contribution >= 4 is 11.9 Å². The molecule has 0 heterocycles. The Balaban J connectivity index is 4.49. The first-order valence-electron chi connectivity index (χ1n) is 27.9. The van der Waals surface area contributed by atoms with E-state index in [0.29, 0.717) is 19.3 Å². The monoisotopic (exact) mass is 876 g/mol. The molecule has 0 saturated heterocycles. The number of ether oxygens (including phenoxy) is 1. The molecule has 0 saturated carbocycles. The maximum absolute atomic E-state index is 13.2. The molecule has 3 atom stereocenters. The summed E-state index contributed by atoms with van der Waals surface area (Å²) in [6, 6.07) is -0.703. The molecule has 0 rings (SSSR count). The molecule has 6 nitrogen and oxygen atoms in total. The summed E-state index contributed by atoms with van der Waals surface area (Å²) in [6.07, 6.45) is 57.1. The van der Waals surface area contributed by atoms with E-state index in [1.807, 2.05) is 0 Å². The molecule has 0 aromatic heterocycles. The molecule has 0 aliphatic rings. The van der Waals surface area contributed by atoms with Crippen LogP contribution in [0.25, 0.3) is 0 Å². The first-order chi connectivity index (χ1) is 30.5. The van der Waals surface area contributed by atoms with Crippen LogP contribution in [0.15, 0.2) is 12.2 Å². The molecule has 0 aromatic carbocycles. The van der Waals surface area contributed by atoms with Crippen LogP contribution >= 0.6 is 0 Å². The van der Waals surface area contributed by atoms with Gasteiger partial charge in [0.25, 0.3) is 0 Å². The van der Waals surface area contributed by atoms with Gasteiger partial charge in [-0.25, -0.2) is 0 Å². The number of allylic oxidation sites excluding steroid dienone is 2. The van der Waals surface area contributed by atoms with Crippen LogP contribution in [0.1, 0.15) is 310 Å². The van der Waals surface area contributed by atoms with E-state index < -0.39 is 18.2 Å². The Morgan fingerprint density at radius 1 is 0.452 bits per heavy atom. The SMILES string of the molecule is CCCCCCCCC/C=C\CCCC(CC(=O)NC(CO)C(O)CCCCCCCCCCCCCCCC)OC(=O)CCCCCCCCCCCCCCCCCCC. The summed E-state index contributed by atoms with van der Waals surface area (Å²) in [5.74, 6) is -0.482. The predicted octanol–water partition coefficient (Wildman–Crippen LogP) is 16.9. The Hall–Kier alpha value is -1.40. The number of rotatable bonds is 51. The topological polar surface area (TPSA) is 95.9 Å². The number of hydrogen-bond donors (Lipinski definition) is 3. The summed E-state index contributed by atoms with van der Waals surface area (Å²) < 4.78 is 5.93. The van der Waals surface area contributed by atoms with Gasteiger partial charge in [0, 0.05) is 6.42 Å². The Morgan fingerprint density at radius 3 is 1.18 bits per heavy atom. The minimum atomic E-state index is -0.788. The van der Waals surface area contributed by atoms with Gasteiger partial charge in [-0.3, -0.25) is 9.59 Å². The predicted molar refractivity (Wildman–Crippen MR) is 269 cm³/mol. The van der Waals surface area contributed by atoms with E-state index in [1.54, 1.807) is 0 Å². The van der Waals surface area contributed by atoms with E-state index in [9.17, 15) is 19.8 Å². The molecule has 3 unspecified atom stereocenters. The lowest BCUT2D eigenvalue weighted by Gasteiger charge is -2.24. The fourth-order valence-electron chi connectivity index (χ4n) is 8.85. The van der Waals surface area contributed by atoms with Crippen LogP contribution in [-0.4, -0.2) is 46.9 Å². The second-order valence-corrected chi connectivity index (χ2v) is 19.3. The zero-order valence-electron chi connectivity index (χ0n) is 42.0. The molecule has 1 amide bonds. The lowest BCUT2D eigenvalue weighted by Crippen LogP contribution is -2.46. The van der Waals surface area contributed by atoms with Gasteiger partial charge in [-0.1, -0.05) is 264 Å². The van der Waals surface area contributed by atoms with Gasteiger partial charge in [0.2, 0.25) is 5.91 Å². The normalized spacial score (nSPS) is 13.2. The van der Waals surface area contributed by atoms with Gasteiger partial charge < -0.3 is 20.3 Å². The molecule has 62 heavy (non-hydrogen) atoms. The van der Waals surface area contributed by atoms with Gasteiger partial charge in [0.1, 0.15) is 6.10 Å². The van der Waals surface area contributed by atoms with Gasteiger partial charge in [-0.2, -0.15) is 0 Å². The number of esters is 1. The highest BCUT2D eigenvalue weighted by molar-refractivity contribution is 5.77. The first-order valence-corrected chi connectivity index (χ1v) is 27.9. The Labute approximate surface area is 387 Å². The molecule has 368 valence electrons. The van der Waals surface area contributed by atoms with Crippen LogP contribution in [0.3, 0.4) is 0 Å². The third-order valence-corrected chi connectivity index (χ3v) is 13.1. The number of unbranched alkanes of at least 4 members (excludes halogenated alkanes) is 37. The Bertz CT molecular complexity index is 939. The zero-order chi connectivity index (χ0) is 45.2. The van der Waals surface area contributed by atoms with E-state index >= 15 is 0 Å². The quantitative estimate of drug-likeness (QED) is 0.0321. The number of nitrogens with one attached hydrogen (secondary N) is 1. The maximum atomic E-state index is 13.2. The smallest absolute Gasteiger partial charge is 0.306 e. The number of hydrogen-bond acceptors (Lipinski definition) is 5. The van der Waals surface area contributed by atoms with Crippen molar-refractivity contribution in [3.8, 4) is 0 Å². The van der Waals surface area contributed by atoms with Crippen molar-refractivity contribution in [2.75, 3.05) is 6.61 Å². The van der Waals surface area contributed by atoms with Crippen LogP contribution < -0.4 is 5.32 Å². The van der Waals surface area contributed by atoms with Crippen LogP contribution in [0.2, 0.25) is 0 Å². The van der Waals surface area contributed by atoms with Crippen molar-refractivity contribution in [1.82, 2.24) is 5.32 Å². The summed E-state index contributed by atoms with van der Waals surface area (Å²) in [4.78, 5) is 26.2. The average Bonchev–Trinajstić information content (AvgIpc) is 3.26. The van der Waals surface area contributed by atoms with Crippen LogP contribution in [0, 0.1) is 0 Å². The Morgan fingerprint density at radius 2 is 0.790 bits per heavy atom. The summed E-state index contributed by atoms with van der Waals surface area (Å²) in [7, 11) is 0. The third kappa shape index (κ3) is 45.2. The molecule has 0 spiro atoms. The molecule has 0 aliphatic heterocycles. The maximum Gasteiger partial charge on any atom is 0.306 e. The minimum absolute atomic E-state index is 0.0641. The highest BCUT2D eigenvalue weighted by Gasteiger charge is 2.24. The van der Waals surface area contributed by atoms with Gasteiger partial charge in [0.05, 0.1) is 25.2 Å². The van der Waals surface area contributed by atoms with Gasteiger partial charge in [0.15, 0.2) is 0 Å². The first kappa shape index (κ1) is 60.6. The Kier molecular flexibility index (Phi) is 49.5. The second-order valence-electron chi connectivity index (χ2n) is 19.3. The molecule has 3 N–H and O–H groups in total. The lowest BCUT2D eigenvalue weighted by molar-refractivity contribution is -0.151. The third-order valence-electron chi connectivity index (χ3n) is 13.1. The minimum Gasteiger partial charge on any atom is -0.462 e. The molecule has 0 aromatic rings. The van der Waals surface area contributed by atoms with Crippen molar-refractivity contribution in [1.29, 1.82) is 0 Å². The van der Waals surface area contributed by atoms with Gasteiger partial charge >= 0.3 is 5.97 Å². The number of carbonyl (C=O) groups is 2. The molecular weight excluding hydrogens is 767 g/mol. The number of carbonyl (C=O) groups excluding carboxylic acids is 2. The van der Waals surface area contributed by atoms with Gasteiger partial charge in [-0.05, 0) is 44.9 Å². The van der Waals surface area contributed by atoms with Crippen LogP contribution in [-0.2, 0) is 14.3 Å². The van der Waals surface area contributed by atoms with E-state index in [0.717, 1.165) is 51.4 Å². The van der Waals surface area contributed by atoms with Crippen LogP contribution in [0.4, 0.5) is 0 Å². The zero-order valence-corrected chi connectivity index (χ0v) is 42.0. The highest BCUT2D eigenvalue weighted by Crippen LogP contribution is 2.18. The number of aliphatic hydroxyl groups excluding tert-OH is 2.